The van der Waals surface area contributed by atoms with Crippen LogP contribution in [0.2, 0.25) is 0 Å². The summed E-state index contributed by atoms with van der Waals surface area (Å²) >= 11 is 0. The Morgan fingerprint density at radius 2 is 2.10 bits per heavy atom. The van der Waals surface area contributed by atoms with E-state index in [1.54, 1.807) is 35.0 Å². The molecule has 0 bridgehead atoms. The highest BCUT2D eigenvalue weighted by molar-refractivity contribution is 5.89. The van der Waals surface area contributed by atoms with E-state index in [-0.39, 0.29) is 42.6 Å². The van der Waals surface area contributed by atoms with Crippen LogP contribution in [0.1, 0.15) is 25.8 Å². The highest BCUT2D eigenvalue weighted by Crippen LogP contribution is 2.23. The molecule has 5 heteroatoms. The molecule has 2 rings (SSSR count). The third-order valence-corrected chi connectivity index (χ3v) is 4.01. The molecule has 0 N–H and O–H groups in total. The fraction of sp³-hybridized carbons (Fsp3) is 0.500. The molecule has 0 radical (unpaired) electrons. The Bertz CT molecular complexity index is 545. The van der Waals surface area contributed by atoms with Crippen molar-refractivity contribution < 1.29 is 14.0 Å². The number of carbonyl (C=O) groups excluding carboxylic acids is 2. The first-order valence-electron chi connectivity index (χ1n) is 7.18. The molecule has 1 aliphatic heterocycles. The van der Waals surface area contributed by atoms with E-state index < -0.39 is 0 Å². The van der Waals surface area contributed by atoms with Crippen LogP contribution in [0.4, 0.5) is 4.39 Å². The van der Waals surface area contributed by atoms with Gasteiger partial charge in [-0.3, -0.25) is 9.59 Å². The summed E-state index contributed by atoms with van der Waals surface area (Å²) in [5, 5.41) is 0. The molecule has 1 saturated heterocycles. The van der Waals surface area contributed by atoms with Crippen LogP contribution >= 0.6 is 0 Å². The molecule has 0 saturated carbocycles. The van der Waals surface area contributed by atoms with Crippen LogP contribution in [0.25, 0.3) is 0 Å². The quantitative estimate of drug-likeness (QED) is 0.852. The minimum Gasteiger partial charge on any atom is -0.343 e. The summed E-state index contributed by atoms with van der Waals surface area (Å²) in [5.74, 6) is -0.751. The average molecular weight is 292 g/mol. The van der Waals surface area contributed by atoms with E-state index in [2.05, 4.69) is 0 Å². The molecule has 1 atom stereocenters. The van der Waals surface area contributed by atoms with Crippen molar-refractivity contribution in [3.8, 4) is 0 Å². The van der Waals surface area contributed by atoms with Gasteiger partial charge in [-0.2, -0.15) is 0 Å². The summed E-state index contributed by atoms with van der Waals surface area (Å²) in [5.41, 5.74) is 0.483. The van der Waals surface area contributed by atoms with Gasteiger partial charge in [0.15, 0.2) is 0 Å². The second kappa shape index (κ2) is 6.24. The number of likely N-dealkylation sites (tertiary alicyclic amines) is 1. The molecule has 21 heavy (non-hydrogen) atoms. The third kappa shape index (κ3) is 3.40. The number of rotatable bonds is 4. The maximum atomic E-state index is 13.6. The second-order valence-corrected chi connectivity index (χ2v) is 5.81. The SMILES string of the molecule is CC(C)N(C)C(=O)C1CC(=O)N(Cc2ccccc2F)C1. The highest BCUT2D eigenvalue weighted by Gasteiger charge is 2.36. The van der Waals surface area contributed by atoms with Crippen LogP contribution in [0.3, 0.4) is 0 Å². The smallest absolute Gasteiger partial charge is 0.227 e. The van der Waals surface area contributed by atoms with E-state index in [0.29, 0.717) is 12.1 Å². The van der Waals surface area contributed by atoms with Gasteiger partial charge in [-0.25, -0.2) is 4.39 Å². The first-order valence-corrected chi connectivity index (χ1v) is 7.18. The average Bonchev–Trinajstić information content (AvgIpc) is 2.81. The number of hydrogen-bond donors (Lipinski definition) is 0. The van der Waals surface area contributed by atoms with Crippen molar-refractivity contribution in [3.05, 3.63) is 35.6 Å². The van der Waals surface area contributed by atoms with Crippen molar-refractivity contribution in [2.75, 3.05) is 13.6 Å². The second-order valence-electron chi connectivity index (χ2n) is 5.81. The monoisotopic (exact) mass is 292 g/mol. The Morgan fingerprint density at radius 3 is 2.71 bits per heavy atom. The van der Waals surface area contributed by atoms with Crippen LogP contribution < -0.4 is 0 Å². The standard InChI is InChI=1S/C16H21FN2O2/c1-11(2)18(3)16(21)13-8-15(20)19(10-13)9-12-6-4-5-7-14(12)17/h4-7,11,13H,8-10H2,1-3H3. The van der Waals surface area contributed by atoms with Crippen molar-refractivity contribution in [2.24, 2.45) is 5.92 Å². The fourth-order valence-corrected chi connectivity index (χ4v) is 2.47. The normalized spacial score (nSPS) is 18.4. The number of hydrogen-bond acceptors (Lipinski definition) is 2. The molecule has 1 aliphatic rings. The van der Waals surface area contributed by atoms with Crippen LogP contribution in [0.15, 0.2) is 24.3 Å². The fourth-order valence-electron chi connectivity index (χ4n) is 2.47. The number of amides is 2. The van der Waals surface area contributed by atoms with E-state index >= 15 is 0 Å². The summed E-state index contributed by atoms with van der Waals surface area (Å²) in [7, 11) is 1.75. The van der Waals surface area contributed by atoms with Crippen molar-refractivity contribution >= 4 is 11.8 Å². The lowest BCUT2D eigenvalue weighted by atomic mass is 10.1. The Labute approximate surface area is 124 Å². The Balaban J connectivity index is 2.03. The van der Waals surface area contributed by atoms with Crippen LogP contribution in [-0.4, -0.2) is 41.2 Å². The van der Waals surface area contributed by atoms with Gasteiger partial charge < -0.3 is 9.80 Å². The molecular weight excluding hydrogens is 271 g/mol. The molecule has 0 aliphatic carbocycles. The maximum absolute atomic E-state index is 13.6. The van der Waals surface area contributed by atoms with Crippen molar-refractivity contribution in [1.82, 2.24) is 9.80 Å². The number of halogens is 1. The zero-order valence-corrected chi connectivity index (χ0v) is 12.7. The van der Waals surface area contributed by atoms with Gasteiger partial charge in [0.25, 0.3) is 0 Å². The lowest BCUT2D eigenvalue weighted by Gasteiger charge is -2.24. The molecule has 1 fully saturated rings. The van der Waals surface area contributed by atoms with E-state index in [1.165, 1.54) is 6.07 Å². The van der Waals surface area contributed by atoms with Crippen molar-refractivity contribution in [1.29, 1.82) is 0 Å². The summed E-state index contributed by atoms with van der Waals surface area (Å²) in [6.45, 7) is 4.46. The maximum Gasteiger partial charge on any atom is 0.227 e. The van der Waals surface area contributed by atoms with Crippen LogP contribution in [0.5, 0.6) is 0 Å². The van der Waals surface area contributed by atoms with Gasteiger partial charge in [-0.15, -0.1) is 0 Å². The summed E-state index contributed by atoms with van der Waals surface area (Å²) in [6.07, 6.45) is 0.213. The first-order chi connectivity index (χ1) is 9.90. The van der Waals surface area contributed by atoms with E-state index in [4.69, 9.17) is 0 Å². The summed E-state index contributed by atoms with van der Waals surface area (Å²) in [4.78, 5) is 27.5. The Morgan fingerprint density at radius 1 is 1.43 bits per heavy atom. The third-order valence-electron chi connectivity index (χ3n) is 4.01. The van der Waals surface area contributed by atoms with E-state index in [1.807, 2.05) is 13.8 Å². The number of carbonyl (C=O) groups is 2. The summed E-state index contributed by atoms with van der Waals surface area (Å²) < 4.78 is 13.6. The van der Waals surface area contributed by atoms with Gasteiger partial charge in [0, 0.05) is 38.2 Å². The van der Waals surface area contributed by atoms with Gasteiger partial charge >= 0.3 is 0 Å². The molecule has 114 valence electrons. The topological polar surface area (TPSA) is 40.6 Å². The first kappa shape index (κ1) is 15.5. The lowest BCUT2D eigenvalue weighted by molar-refractivity contribution is -0.136. The molecule has 0 aromatic heterocycles. The Kier molecular flexibility index (Phi) is 4.60. The number of benzene rings is 1. The van der Waals surface area contributed by atoms with Gasteiger partial charge in [0.05, 0.1) is 5.92 Å². The van der Waals surface area contributed by atoms with Crippen molar-refractivity contribution in [3.63, 3.8) is 0 Å². The molecule has 4 nitrogen and oxygen atoms in total. The Hall–Kier alpha value is -1.91. The minimum atomic E-state index is -0.323. The van der Waals surface area contributed by atoms with Gasteiger partial charge in [0.1, 0.15) is 5.82 Å². The van der Waals surface area contributed by atoms with Crippen LogP contribution in [0, 0.1) is 11.7 Å². The molecule has 1 heterocycles. The highest BCUT2D eigenvalue weighted by atomic mass is 19.1. The molecular formula is C16H21FN2O2. The van der Waals surface area contributed by atoms with Gasteiger partial charge in [0.2, 0.25) is 11.8 Å². The van der Waals surface area contributed by atoms with E-state index in [9.17, 15) is 14.0 Å². The predicted octanol–water partition coefficient (Wildman–Crippen LogP) is 2.04. The van der Waals surface area contributed by atoms with Gasteiger partial charge in [-0.05, 0) is 19.9 Å². The van der Waals surface area contributed by atoms with Crippen LogP contribution in [-0.2, 0) is 16.1 Å². The van der Waals surface area contributed by atoms with E-state index in [0.717, 1.165) is 0 Å². The summed E-state index contributed by atoms with van der Waals surface area (Å²) in [6, 6.07) is 6.51. The lowest BCUT2D eigenvalue weighted by Crippen LogP contribution is -2.38. The molecule has 1 unspecified atom stereocenters. The number of nitrogens with zero attached hydrogens (tertiary/aromatic N) is 2. The zero-order valence-electron chi connectivity index (χ0n) is 12.7. The largest absolute Gasteiger partial charge is 0.343 e. The zero-order chi connectivity index (χ0) is 15.6. The van der Waals surface area contributed by atoms with Crippen molar-refractivity contribution in [2.45, 2.75) is 32.9 Å². The molecule has 1 aromatic carbocycles. The molecule has 0 spiro atoms. The van der Waals surface area contributed by atoms with Gasteiger partial charge in [-0.1, -0.05) is 18.2 Å². The molecule has 1 aromatic rings. The molecule has 2 amide bonds. The minimum absolute atomic E-state index is 0.0191. The predicted molar refractivity (Wildman–Crippen MR) is 77.8 cm³/mol.